The van der Waals surface area contributed by atoms with Gasteiger partial charge in [-0.25, -0.2) is 4.31 Å². The number of nitrogens with zero attached hydrogens (tertiary/aromatic N) is 1. The van der Waals surface area contributed by atoms with Crippen molar-refractivity contribution >= 4 is 10.8 Å². The molecule has 0 saturated carbocycles. The minimum atomic E-state index is -2.47. The molecule has 0 radical (unpaired) electrons. The minimum Gasteiger partial charge on any atom is -0.286 e. The second-order valence-electron chi connectivity index (χ2n) is 2.43. The Balaban J connectivity index is 0. The van der Waals surface area contributed by atoms with Crippen LogP contribution in [0.25, 0.3) is 0 Å². The molecule has 0 aromatic heterocycles. The van der Waals surface area contributed by atoms with Crippen molar-refractivity contribution in [1.29, 1.82) is 0 Å². The van der Waals surface area contributed by atoms with Crippen LogP contribution in [0.2, 0.25) is 0 Å². The molecule has 0 aromatic carbocycles. The van der Waals surface area contributed by atoms with E-state index in [-0.39, 0.29) is 6.04 Å². The standard InChI is InChI=1S/C5H15NO2S.C2H6/c1-5(2)6(3)9(4,7)8;1-2/h5,7-8H,1-4H3;1-2H3. The van der Waals surface area contributed by atoms with Gasteiger partial charge >= 0.3 is 0 Å². The van der Waals surface area contributed by atoms with Crippen molar-refractivity contribution in [2.24, 2.45) is 0 Å². The van der Waals surface area contributed by atoms with E-state index in [0.29, 0.717) is 0 Å². The van der Waals surface area contributed by atoms with E-state index in [2.05, 4.69) is 0 Å². The zero-order valence-corrected chi connectivity index (χ0v) is 9.14. The summed E-state index contributed by atoms with van der Waals surface area (Å²) < 4.78 is 19.6. The van der Waals surface area contributed by atoms with Crippen LogP contribution in [-0.2, 0) is 0 Å². The third-order valence-corrected chi connectivity index (χ3v) is 2.79. The Labute approximate surface area is 71.9 Å². The number of hydrogen-bond acceptors (Lipinski definition) is 3. The largest absolute Gasteiger partial charge is 0.286 e. The van der Waals surface area contributed by atoms with Crippen molar-refractivity contribution in [3.05, 3.63) is 0 Å². The highest BCUT2D eigenvalue weighted by Crippen LogP contribution is 2.38. The van der Waals surface area contributed by atoms with Gasteiger partial charge in [-0.2, -0.15) is 0 Å². The third-order valence-electron chi connectivity index (χ3n) is 1.27. The molecule has 0 heterocycles. The molecule has 0 rings (SSSR count). The maximum absolute atomic E-state index is 9.02. The molecule has 0 aliphatic carbocycles. The summed E-state index contributed by atoms with van der Waals surface area (Å²) in [6.07, 6.45) is 1.42. The number of rotatable bonds is 2. The Bertz CT molecular complexity index is 90.9. The van der Waals surface area contributed by atoms with E-state index in [1.54, 1.807) is 11.4 Å². The van der Waals surface area contributed by atoms with Crippen LogP contribution in [0.3, 0.4) is 0 Å². The molecule has 0 aliphatic rings. The highest BCUT2D eigenvalue weighted by molar-refractivity contribution is 8.21. The summed E-state index contributed by atoms with van der Waals surface area (Å²) in [6, 6.07) is 0.181. The fraction of sp³-hybridized carbons (Fsp3) is 1.00. The Kier molecular flexibility index (Phi) is 7.31. The molecule has 0 aromatic rings. The molecule has 3 nitrogen and oxygen atoms in total. The molecule has 4 heteroatoms. The summed E-state index contributed by atoms with van der Waals surface area (Å²) in [5, 5.41) is 0. The van der Waals surface area contributed by atoms with E-state index in [1.807, 2.05) is 27.7 Å². The molecule has 0 spiro atoms. The van der Waals surface area contributed by atoms with Crippen LogP contribution in [0.5, 0.6) is 0 Å². The minimum absolute atomic E-state index is 0.181. The van der Waals surface area contributed by atoms with Gasteiger partial charge in [-0.3, -0.25) is 9.11 Å². The summed E-state index contributed by atoms with van der Waals surface area (Å²) in [7, 11) is -0.774. The van der Waals surface area contributed by atoms with Crippen LogP contribution in [0.15, 0.2) is 0 Å². The lowest BCUT2D eigenvalue weighted by molar-refractivity contribution is 0.352. The molecular formula is C7H21NO2S. The lowest BCUT2D eigenvalue weighted by Gasteiger charge is -2.39. The predicted molar refractivity (Wildman–Crippen MR) is 53.0 cm³/mol. The first-order chi connectivity index (χ1) is 4.85. The van der Waals surface area contributed by atoms with Gasteiger partial charge in [0.15, 0.2) is 0 Å². The van der Waals surface area contributed by atoms with Crippen molar-refractivity contribution < 1.29 is 9.11 Å². The summed E-state index contributed by atoms with van der Waals surface area (Å²) in [4.78, 5) is 0. The molecule has 2 N–H and O–H groups in total. The van der Waals surface area contributed by atoms with Gasteiger partial charge in [0.05, 0.1) is 0 Å². The predicted octanol–water partition coefficient (Wildman–Crippen LogP) is 2.65. The summed E-state index contributed by atoms with van der Waals surface area (Å²) in [5.74, 6) is 0. The Hall–Kier alpha value is 0.230. The first-order valence-electron chi connectivity index (χ1n) is 3.82. The fourth-order valence-corrected chi connectivity index (χ4v) is 1.20. The Morgan fingerprint density at radius 2 is 1.45 bits per heavy atom. The lowest BCUT2D eigenvalue weighted by Crippen LogP contribution is -2.28. The fourth-order valence-electron chi connectivity index (χ4n) is 0.399. The molecular weight excluding hydrogens is 162 g/mol. The van der Waals surface area contributed by atoms with Crippen molar-refractivity contribution in [1.82, 2.24) is 4.31 Å². The normalized spacial score (nSPS) is 12.9. The maximum atomic E-state index is 9.02. The van der Waals surface area contributed by atoms with E-state index in [4.69, 9.17) is 9.11 Å². The van der Waals surface area contributed by atoms with E-state index in [1.165, 1.54) is 6.26 Å². The average molecular weight is 183 g/mol. The Morgan fingerprint density at radius 3 is 1.45 bits per heavy atom. The van der Waals surface area contributed by atoms with Gasteiger partial charge < -0.3 is 0 Å². The van der Waals surface area contributed by atoms with Crippen LogP contribution in [0.1, 0.15) is 27.7 Å². The topological polar surface area (TPSA) is 43.7 Å². The quantitative estimate of drug-likeness (QED) is 0.691. The van der Waals surface area contributed by atoms with Crippen molar-refractivity contribution in [3.63, 3.8) is 0 Å². The lowest BCUT2D eigenvalue weighted by atomic mass is 10.4. The van der Waals surface area contributed by atoms with Crippen LogP contribution >= 0.6 is 10.8 Å². The maximum Gasteiger partial charge on any atom is 0.0418 e. The van der Waals surface area contributed by atoms with Crippen LogP contribution < -0.4 is 0 Å². The molecule has 0 saturated heterocycles. The molecule has 0 unspecified atom stereocenters. The molecule has 11 heavy (non-hydrogen) atoms. The van der Waals surface area contributed by atoms with Gasteiger partial charge in [0.2, 0.25) is 0 Å². The summed E-state index contributed by atoms with van der Waals surface area (Å²) in [5.41, 5.74) is 0. The van der Waals surface area contributed by atoms with Crippen molar-refractivity contribution in [2.45, 2.75) is 33.7 Å². The van der Waals surface area contributed by atoms with E-state index in [0.717, 1.165) is 0 Å². The first kappa shape index (κ1) is 13.8. The zero-order valence-electron chi connectivity index (χ0n) is 8.33. The van der Waals surface area contributed by atoms with Gasteiger partial charge in [-0.05, 0) is 13.8 Å². The van der Waals surface area contributed by atoms with Gasteiger partial charge in [-0.1, -0.05) is 13.8 Å². The Morgan fingerprint density at radius 1 is 1.18 bits per heavy atom. The summed E-state index contributed by atoms with van der Waals surface area (Å²) in [6.45, 7) is 7.83. The highest BCUT2D eigenvalue weighted by atomic mass is 32.3. The van der Waals surface area contributed by atoms with E-state index in [9.17, 15) is 0 Å². The molecule has 0 bridgehead atoms. The molecule has 0 atom stereocenters. The SMILES string of the molecule is CC.CC(C)N(C)S(C)(O)O. The van der Waals surface area contributed by atoms with Crippen LogP contribution in [-0.4, -0.2) is 32.8 Å². The van der Waals surface area contributed by atoms with Gasteiger partial charge in [0.1, 0.15) is 0 Å². The monoisotopic (exact) mass is 183 g/mol. The van der Waals surface area contributed by atoms with Crippen LogP contribution in [0.4, 0.5) is 0 Å². The van der Waals surface area contributed by atoms with Crippen LogP contribution in [0, 0.1) is 0 Å². The smallest absolute Gasteiger partial charge is 0.0418 e. The second kappa shape index (κ2) is 5.83. The second-order valence-corrected chi connectivity index (χ2v) is 4.59. The molecule has 72 valence electrons. The third kappa shape index (κ3) is 6.62. The van der Waals surface area contributed by atoms with Crippen molar-refractivity contribution in [2.75, 3.05) is 13.3 Å². The first-order valence-corrected chi connectivity index (χ1v) is 5.73. The molecule has 0 aliphatic heterocycles. The molecule has 0 fully saturated rings. The molecule has 0 amide bonds. The number of hydrogen-bond donors (Lipinski definition) is 2. The zero-order chi connectivity index (χ0) is 9.65. The van der Waals surface area contributed by atoms with Gasteiger partial charge in [-0.15, -0.1) is 10.8 Å². The van der Waals surface area contributed by atoms with Crippen molar-refractivity contribution in [3.8, 4) is 0 Å². The van der Waals surface area contributed by atoms with Gasteiger partial charge in [0.25, 0.3) is 0 Å². The summed E-state index contributed by atoms with van der Waals surface area (Å²) >= 11 is 0. The average Bonchev–Trinajstić information content (AvgIpc) is 1.89. The highest BCUT2D eigenvalue weighted by Gasteiger charge is 2.14. The van der Waals surface area contributed by atoms with E-state index < -0.39 is 10.8 Å². The van der Waals surface area contributed by atoms with E-state index >= 15 is 0 Å². The van der Waals surface area contributed by atoms with Gasteiger partial charge in [0, 0.05) is 19.3 Å².